The highest BCUT2D eigenvalue weighted by Gasteiger charge is 2.47. The van der Waals surface area contributed by atoms with Crippen molar-refractivity contribution in [3.05, 3.63) is 23.8 Å². The summed E-state index contributed by atoms with van der Waals surface area (Å²) in [5, 5.41) is 20.7. The van der Waals surface area contributed by atoms with Gasteiger partial charge in [-0.1, -0.05) is 51.5 Å². The summed E-state index contributed by atoms with van der Waals surface area (Å²) in [5.41, 5.74) is 1.09. The van der Waals surface area contributed by atoms with E-state index in [4.69, 9.17) is 0 Å². The van der Waals surface area contributed by atoms with Crippen molar-refractivity contribution in [3.63, 3.8) is 0 Å². The Morgan fingerprint density at radius 1 is 1.41 bits per heavy atom. The van der Waals surface area contributed by atoms with Crippen LogP contribution < -0.4 is 0 Å². The number of hydrogen-bond donors (Lipinski definition) is 2. The van der Waals surface area contributed by atoms with Crippen LogP contribution in [0.5, 0.6) is 0 Å². The first-order valence-corrected chi connectivity index (χ1v) is 9.15. The van der Waals surface area contributed by atoms with Gasteiger partial charge in [0.05, 0.1) is 11.7 Å². The van der Waals surface area contributed by atoms with Crippen LogP contribution in [0, 0.1) is 17.3 Å². The lowest BCUT2D eigenvalue weighted by molar-refractivity contribution is 0.00804. The molecule has 4 unspecified atom stereocenters. The third-order valence-corrected chi connectivity index (χ3v) is 6.40. The molecule has 0 heterocycles. The molecule has 2 aliphatic rings. The Kier molecular flexibility index (Phi) is 5.55. The first-order chi connectivity index (χ1) is 10.4. The molecule has 0 aromatic rings. The van der Waals surface area contributed by atoms with Crippen molar-refractivity contribution in [2.24, 2.45) is 17.3 Å². The van der Waals surface area contributed by atoms with Gasteiger partial charge in [-0.05, 0) is 62.2 Å². The van der Waals surface area contributed by atoms with Gasteiger partial charge in [0.25, 0.3) is 0 Å². The van der Waals surface area contributed by atoms with E-state index in [1.165, 1.54) is 12.0 Å². The minimum atomic E-state index is -0.642. The molecule has 1 saturated carbocycles. The van der Waals surface area contributed by atoms with E-state index in [0.29, 0.717) is 11.8 Å². The Labute approximate surface area is 136 Å². The molecule has 2 aliphatic carbocycles. The minimum Gasteiger partial charge on any atom is -0.393 e. The van der Waals surface area contributed by atoms with Gasteiger partial charge in [-0.2, -0.15) is 0 Å². The lowest BCUT2D eigenvalue weighted by Crippen LogP contribution is -2.39. The van der Waals surface area contributed by atoms with Crippen molar-refractivity contribution in [3.8, 4) is 0 Å². The number of rotatable bonds is 6. The Morgan fingerprint density at radius 2 is 2.09 bits per heavy atom. The second-order valence-corrected chi connectivity index (χ2v) is 7.73. The van der Waals surface area contributed by atoms with E-state index in [1.807, 2.05) is 19.9 Å². The summed E-state index contributed by atoms with van der Waals surface area (Å²) in [5.74, 6) is 0.917. The Bertz CT molecular complexity index is 433. The van der Waals surface area contributed by atoms with Crippen LogP contribution >= 0.6 is 0 Å². The van der Waals surface area contributed by atoms with Crippen molar-refractivity contribution < 1.29 is 10.2 Å². The van der Waals surface area contributed by atoms with Gasteiger partial charge < -0.3 is 10.2 Å². The fourth-order valence-electron chi connectivity index (χ4n) is 4.62. The molecule has 0 aromatic heterocycles. The van der Waals surface area contributed by atoms with Gasteiger partial charge >= 0.3 is 0 Å². The highest BCUT2D eigenvalue weighted by atomic mass is 16.3. The largest absolute Gasteiger partial charge is 0.393 e. The first-order valence-electron chi connectivity index (χ1n) is 9.15. The van der Waals surface area contributed by atoms with Crippen LogP contribution in [0.25, 0.3) is 0 Å². The van der Waals surface area contributed by atoms with Crippen molar-refractivity contribution in [1.82, 2.24) is 0 Å². The summed E-state index contributed by atoms with van der Waals surface area (Å²) in [4.78, 5) is 0. The third kappa shape index (κ3) is 3.33. The molecule has 2 rings (SSSR count). The van der Waals surface area contributed by atoms with Crippen molar-refractivity contribution >= 4 is 0 Å². The van der Waals surface area contributed by atoms with Crippen LogP contribution in [-0.2, 0) is 0 Å². The van der Waals surface area contributed by atoms with E-state index in [1.54, 1.807) is 0 Å². The summed E-state index contributed by atoms with van der Waals surface area (Å²) in [6, 6.07) is 0. The fourth-order valence-corrected chi connectivity index (χ4v) is 4.62. The first kappa shape index (κ1) is 17.7. The zero-order valence-corrected chi connectivity index (χ0v) is 14.8. The van der Waals surface area contributed by atoms with Gasteiger partial charge in [0.1, 0.15) is 0 Å². The lowest BCUT2D eigenvalue weighted by Gasteiger charge is -2.43. The smallest absolute Gasteiger partial charge is 0.0822 e. The highest BCUT2D eigenvalue weighted by molar-refractivity contribution is 5.26. The summed E-state index contributed by atoms with van der Waals surface area (Å²) >= 11 is 0. The molecule has 0 aromatic carbocycles. The molecular weight excluding hydrogens is 272 g/mol. The normalized spacial score (nSPS) is 33.8. The highest BCUT2D eigenvalue weighted by Crippen LogP contribution is 2.55. The van der Waals surface area contributed by atoms with Crippen LogP contribution in [0.3, 0.4) is 0 Å². The SMILES string of the molecule is CCC(O)(/C=C/CC(C)C1=CCC2C(O)CCCC12C)CC. The van der Waals surface area contributed by atoms with Crippen molar-refractivity contribution in [2.75, 3.05) is 0 Å². The summed E-state index contributed by atoms with van der Waals surface area (Å²) < 4.78 is 0. The van der Waals surface area contributed by atoms with Gasteiger partial charge in [0.2, 0.25) is 0 Å². The zero-order valence-electron chi connectivity index (χ0n) is 14.8. The standard InChI is InChI=1S/C20H34O2/c1-5-20(22,6-2)14-7-9-15(3)16-11-12-17-18(21)10-8-13-19(16,17)4/h7,11,14-15,17-18,21-22H,5-6,8-10,12-13H2,1-4H3/b14-7+. The van der Waals surface area contributed by atoms with Gasteiger partial charge in [0.15, 0.2) is 0 Å². The summed E-state index contributed by atoms with van der Waals surface area (Å²) in [7, 11) is 0. The van der Waals surface area contributed by atoms with Gasteiger partial charge in [0, 0.05) is 0 Å². The van der Waals surface area contributed by atoms with Crippen molar-refractivity contribution in [2.45, 2.75) is 84.3 Å². The molecular formula is C20H34O2. The van der Waals surface area contributed by atoms with Crippen LogP contribution in [0.2, 0.25) is 0 Å². The average Bonchev–Trinajstić information content (AvgIpc) is 2.85. The molecule has 2 N–H and O–H groups in total. The maximum Gasteiger partial charge on any atom is 0.0822 e. The molecule has 2 heteroatoms. The molecule has 0 aliphatic heterocycles. The second-order valence-electron chi connectivity index (χ2n) is 7.73. The third-order valence-electron chi connectivity index (χ3n) is 6.40. The van der Waals surface area contributed by atoms with E-state index in [0.717, 1.165) is 38.5 Å². The summed E-state index contributed by atoms with van der Waals surface area (Å²) in [6.07, 6.45) is 13.3. The number of fused-ring (bicyclic) bond motifs is 1. The number of hydrogen-bond acceptors (Lipinski definition) is 2. The molecule has 0 bridgehead atoms. The Balaban J connectivity index is 2.01. The van der Waals surface area contributed by atoms with Crippen LogP contribution in [0.1, 0.15) is 72.6 Å². The zero-order chi connectivity index (χ0) is 16.4. The molecule has 1 fully saturated rings. The van der Waals surface area contributed by atoms with Crippen molar-refractivity contribution in [1.29, 1.82) is 0 Å². The molecule has 126 valence electrons. The van der Waals surface area contributed by atoms with E-state index in [-0.39, 0.29) is 11.5 Å². The topological polar surface area (TPSA) is 40.5 Å². The second kappa shape index (κ2) is 6.88. The quantitative estimate of drug-likeness (QED) is 0.703. The lowest BCUT2D eigenvalue weighted by atomic mass is 9.63. The molecule has 0 radical (unpaired) electrons. The molecule has 0 saturated heterocycles. The molecule has 0 amide bonds. The van der Waals surface area contributed by atoms with E-state index in [9.17, 15) is 10.2 Å². The number of aliphatic hydroxyl groups excluding tert-OH is 1. The van der Waals surface area contributed by atoms with Crippen LogP contribution in [-0.4, -0.2) is 21.9 Å². The predicted molar refractivity (Wildman–Crippen MR) is 92.6 cm³/mol. The molecule has 22 heavy (non-hydrogen) atoms. The summed E-state index contributed by atoms with van der Waals surface area (Å²) in [6.45, 7) is 8.72. The molecule has 4 atom stereocenters. The van der Waals surface area contributed by atoms with Gasteiger partial charge in [-0.15, -0.1) is 0 Å². The van der Waals surface area contributed by atoms with E-state index >= 15 is 0 Å². The molecule has 0 spiro atoms. The Morgan fingerprint density at radius 3 is 2.73 bits per heavy atom. The minimum absolute atomic E-state index is 0.125. The van der Waals surface area contributed by atoms with E-state index < -0.39 is 5.60 Å². The molecule has 2 nitrogen and oxygen atoms in total. The van der Waals surface area contributed by atoms with Gasteiger partial charge in [-0.3, -0.25) is 0 Å². The van der Waals surface area contributed by atoms with Crippen LogP contribution in [0.15, 0.2) is 23.8 Å². The maximum atomic E-state index is 10.3. The fraction of sp³-hybridized carbons (Fsp3) is 0.800. The average molecular weight is 306 g/mol. The van der Waals surface area contributed by atoms with E-state index in [2.05, 4.69) is 26.0 Å². The number of allylic oxidation sites excluding steroid dienone is 3. The predicted octanol–water partition coefficient (Wildman–Crippen LogP) is 4.62. The van der Waals surface area contributed by atoms with Crippen LogP contribution in [0.4, 0.5) is 0 Å². The Hall–Kier alpha value is -0.600. The number of aliphatic hydroxyl groups is 2. The van der Waals surface area contributed by atoms with Gasteiger partial charge in [-0.25, -0.2) is 0 Å². The maximum absolute atomic E-state index is 10.3. The monoisotopic (exact) mass is 306 g/mol.